The Labute approximate surface area is 196 Å². The van der Waals surface area contributed by atoms with Crippen molar-refractivity contribution < 1.29 is 22.7 Å². The largest absolute Gasteiger partial charge is 0.497 e. The minimum Gasteiger partial charge on any atom is -0.497 e. The number of hydrogen-bond donors (Lipinski definition) is 1. The van der Waals surface area contributed by atoms with E-state index >= 15 is 0 Å². The minimum absolute atomic E-state index is 0.00451. The highest BCUT2D eigenvalue weighted by Gasteiger charge is 2.26. The number of aryl methyl sites for hydroxylation is 1. The molecule has 0 spiro atoms. The number of rotatable bonds is 7. The van der Waals surface area contributed by atoms with Gasteiger partial charge in [0, 0.05) is 5.69 Å². The number of aromatic nitrogens is 2. The van der Waals surface area contributed by atoms with Crippen LogP contribution in [0.4, 0.5) is 5.69 Å². The van der Waals surface area contributed by atoms with E-state index in [1.807, 2.05) is 6.92 Å². The summed E-state index contributed by atoms with van der Waals surface area (Å²) in [5, 5.41) is 2.79. The molecule has 0 bridgehead atoms. The van der Waals surface area contributed by atoms with Gasteiger partial charge in [0.25, 0.3) is 15.6 Å². The Bertz CT molecular complexity index is 1520. The van der Waals surface area contributed by atoms with Gasteiger partial charge in [0.15, 0.2) is 0 Å². The van der Waals surface area contributed by atoms with Crippen molar-refractivity contribution in [3.63, 3.8) is 0 Å². The van der Waals surface area contributed by atoms with Crippen molar-refractivity contribution in [3.05, 3.63) is 82.6 Å². The molecular formula is C24H23N3O6S. The third-order valence-corrected chi connectivity index (χ3v) is 7.02. The maximum atomic E-state index is 13.6. The molecule has 0 atom stereocenters. The van der Waals surface area contributed by atoms with Gasteiger partial charge >= 0.3 is 0 Å². The van der Waals surface area contributed by atoms with Crippen molar-refractivity contribution in [2.75, 3.05) is 19.5 Å². The lowest BCUT2D eigenvalue weighted by atomic mass is 10.2. The SMILES string of the molecule is COc1ccc(NC(=O)Cn2c(=O)c3cc(OC)ccc3n2S(=O)(=O)c2ccc(C)cc2)cc1. The summed E-state index contributed by atoms with van der Waals surface area (Å²) in [6, 6.07) is 17.4. The molecule has 4 rings (SSSR count). The second-order valence-corrected chi connectivity index (χ2v) is 9.35. The van der Waals surface area contributed by atoms with Crippen LogP contribution in [0.5, 0.6) is 11.5 Å². The monoisotopic (exact) mass is 481 g/mol. The molecule has 9 nitrogen and oxygen atoms in total. The van der Waals surface area contributed by atoms with Gasteiger partial charge in [-0.25, -0.2) is 4.68 Å². The lowest BCUT2D eigenvalue weighted by molar-refractivity contribution is -0.117. The maximum absolute atomic E-state index is 13.6. The second kappa shape index (κ2) is 9.06. The number of benzene rings is 3. The first-order valence-electron chi connectivity index (χ1n) is 10.3. The van der Waals surface area contributed by atoms with Gasteiger partial charge in [0.05, 0.1) is 30.0 Å². The highest BCUT2D eigenvalue weighted by atomic mass is 32.2. The zero-order valence-corrected chi connectivity index (χ0v) is 19.6. The van der Waals surface area contributed by atoms with Crippen LogP contribution in [0.3, 0.4) is 0 Å². The first kappa shape index (κ1) is 23.1. The average Bonchev–Trinajstić information content (AvgIpc) is 3.11. The molecule has 0 aliphatic heterocycles. The summed E-state index contributed by atoms with van der Waals surface area (Å²) in [5.41, 5.74) is 0.875. The Balaban J connectivity index is 1.81. The van der Waals surface area contributed by atoms with E-state index in [1.54, 1.807) is 42.5 Å². The number of methoxy groups -OCH3 is 2. The number of ether oxygens (including phenoxy) is 2. The Morgan fingerprint density at radius 2 is 1.53 bits per heavy atom. The van der Waals surface area contributed by atoms with Crippen LogP contribution in [0.1, 0.15) is 5.56 Å². The lowest BCUT2D eigenvalue weighted by Gasteiger charge is -2.14. The highest BCUT2D eigenvalue weighted by molar-refractivity contribution is 7.90. The lowest BCUT2D eigenvalue weighted by Crippen LogP contribution is -2.33. The van der Waals surface area contributed by atoms with Crippen LogP contribution >= 0.6 is 0 Å². The van der Waals surface area contributed by atoms with Crippen molar-refractivity contribution in [1.29, 1.82) is 0 Å². The van der Waals surface area contributed by atoms with Crippen LogP contribution in [-0.4, -0.2) is 37.3 Å². The van der Waals surface area contributed by atoms with Crippen LogP contribution in [0.25, 0.3) is 10.9 Å². The number of nitrogens with one attached hydrogen (secondary N) is 1. The summed E-state index contributed by atoms with van der Waals surface area (Å²) >= 11 is 0. The molecule has 1 aromatic heterocycles. The molecule has 0 saturated carbocycles. The van der Waals surface area contributed by atoms with E-state index in [4.69, 9.17) is 9.47 Å². The molecule has 3 aromatic carbocycles. The van der Waals surface area contributed by atoms with Gasteiger partial charge in [-0.05, 0) is 61.5 Å². The van der Waals surface area contributed by atoms with Crippen molar-refractivity contribution >= 4 is 32.5 Å². The topological polar surface area (TPSA) is 109 Å². The zero-order chi connectivity index (χ0) is 24.5. The summed E-state index contributed by atoms with van der Waals surface area (Å²) in [4.78, 5) is 26.1. The summed E-state index contributed by atoms with van der Waals surface area (Å²) in [7, 11) is -1.22. The number of carbonyl (C=O) groups excluding carboxylic acids is 1. The van der Waals surface area contributed by atoms with Crippen molar-refractivity contribution in [2.45, 2.75) is 18.4 Å². The molecule has 1 amide bonds. The van der Waals surface area contributed by atoms with Crippen molar-refractivity contribution in [2.24, 2.45) is 0 Å². The molecule has 0 saturated heterocycles. The predicted molar refractivity (Wildman–Crippen MR) is 128 cm³/mol. The van der Waals surface area contributed by atoms with Crippen LogP contribution in [0, 0.1) is 6.92 Å². The molecule has 0 aliphatic carbocycles. The van der Waals surface area contributed by atoms with Crippen LogP contribution in [0.2, 0.25) is 0 Å². The van der Waals surface area contributed by atoms with Gasteiger partial charge in [-0.1, -0.05) is 17.7 Å². The zero-order valence-electron chi connectivity index (χ0n) is 18.8. The van der Waals surface area contributed by atoms with Gasteiger partial charge in [-0.2, -0.15) is 12.5 Å². The first-order chi connectivity index (χ1) is 16.2. The summed E-state index contributed by atoms with van der Waals surface area (Å²) < 4.78 is 39.3. The van der Waals surface area contributed by atoms with E-state index in [2.05, 4.69) is 5.32 Å². The normalized spacial score (nSPS) is 11.4. The fourth-order valence-electron chi connectivity index (χ4n) is 3.55. The molecule has 34 heavy (non-hydrogen) atoms. The fourth-order valence-corrected chi connectivity index (χ4v) is 5.04. The molecule has 4 aromatic rings. The van der Waals surface area contributed by atoms with Crippen molar-refractivity contribution in [1.82, 2.24) is 8.77 Å². The number of nitrogens with zero attached hydrogens (tertiary/aromatic N) is 2. The second-order valence-electron chi connectivity index (χ2n) is 7.58. The van der Waals surface area contributed by atoms with Crippen molar-refractivity contribution in [3.8, 4) is 11.5 Å². The van der Waals surface area contributed by atoms with Crippen LogP contribution in [0.15, 0.2) is 76.4 Å². The Morgan fingerprint density at radius 1 is 0.912 bits per heavy atom. The molecule has 10 heteroatoms. The van der Waals surface area contributed by atoms with E-state index < -0.39 is 28.0 Å². The van der Waals surface area contributed by atoms with E-state index in [-0.39, 0.29) is 15.8 Å². The average molecular weight is 482 g/mol. The highest BCUT2D eigenvalue weighted by Crippen LogP contribution is 2.24. The van der Waals surface area contributed by atoms with Crippen LogP contribution in [-0.2, 0) is 21.4 Å². The predicted octanol–water partition coefficient (Wildman–Crippen LogP) is 3.00. The van der Waals surface area contributed by atoms with Gasteiger partial charge in [-0.15, -0.1) is 0 Å². The molecule has 0 fully saturated rings. The number of hydrogen-bond acceptors (Lipinski definition) is 6. The third-order valence-electron chi connectivity index (χ3n) is 5.31. The van der Waals surface area contributed by atoms with E-state index in [1.165, 1.54) is 38.5 Å². The smallest absolute Gasteiger partial charge is 0.282 e. The van der Waals surface area contributed by atoms with E-state index in [0.29, 0.717) is 17.2 Å². The molecule has 0 aliphatic rings. The van der Waals surface area contributed by atoms with Crippen LogP contribution < -0.4 is 20.3 Å². The maximum Gasteiger partial charge on any atom is 0.282 e. The van der Waals surface area contributed by atoms with E-state index in [9.17, 15) is 18.0 Å². The summed E-state index contributed by atoms with van der Waals surface area (Å²) in [6.45, 7) is 1.32. The number of fused-ring (bicyclic) bond motifs is 1. The quantitative estimate of drug-likeness (QED) is 0.435. The molecule has 1 heterocycles. The Hall–Kier alpha value is -4.05. The van der Waals surface area contributed by atoms with Gasteiger partial charge in [0.1, 0.15) is 18.0 Å². The summed E-state index contributed by atoms with van der Waals surface area (Å²) in [6.07, 6.45) is 0. The Morgan fingerprint density at radius 3 is 2.15 bits per heavy atom. The van der Waals surface area contributed by atoms with Gasteiger partial charge in [-0.3, -0.25) is 9.59 Å². The minimum atomic E-state index is -4.20. The Kier molecular flexibility index (Phi) is 6.16. The summed E-state index contributed by atoms with van der Waals surface area (Å²) in [5.74, 6) is 0.444. The van der Waals surface area contributed by atoms with Gasteiger partial charge < -0.3 is 14.8 Å². The number of amides is 1. The molecule has 176 valence electrons. The number of anilines is 1. The number of carbonyl (C=O) groups is 1. The molecule has 1 N–H and O–H groups in total. The molecule has 0 unspecified atom stereocenters. The van der Waals surface area contributed by atoms with E-state index in [0.717, 1.165) is 14.3 Å². The first-order valence-corrected chi connectivity index (χ1v) is 11.7. The third kappa shape index (κ3) is 4.27. The molecule has 0 radical (unpaired) electrons. The standard InChI is InChI=1S/C24H23N3O6S/c1-16-4-11-20(12-5-16)34(30,31)27-22-13-10-19(33-3)14-21(22)24(29)26(27)15-23(28)25-17-6-8-18(32-2)9-7-17/h4-14H,15H2,1-3H3,(H,25,28). The fraction of sp³-hybridized carbons (Fsp3) is 0.167. The van der Waals surface area contributed by atoms with Gasteiger partial charge in [0.2, 0.25) is 5.91 Å². The molecular weight excluding hydrogens is 458 g/mol.